The van der Waals surface area contributed by atoms with Crippen molar-refractivity contribution in [2.75, 3.05) is 19.8 Å². The molecule has 0 aliphatic heterocycles. The Morgan fingerprint density at radius 1 is 1.10 bits per heavy atom. The summed E-state index contributed by atoms with van der Waals surface area (Å²) in [6.45, 7) is 6.53. The fourth-order valence-corrected chi connectivity index (χ4v) is 3.09. The third-order valence-corrected chi connectivity index (χ3v) is 4.33. The molecule has 1 fully saturated rings. The van der Waals surface area contributed by atoms with E-state index in [2.05, 4.69) is 12.2 Å². The van der Waals surface area contributed by atoms with Gasteiger partial charge in [0.15, 0.2) is 11.5 Å². The second-order valence-corrected chi connectivity index (χ2v) is 5.87. The van der Waals surface area contributed by atoms with E-state index in [-0.39, 0.29) is 0 Å². The maximum atomic E-state index is 5.84. The van der Waals surface area contributed by atoms with Crippen molar-refractivity contribution in [1.29, 1.82) is 0 Å². The molecule has 118 valence electrons. The van der Waals surface area contributed by atoms with Gasteiger partial charge in [-0.3, -0.25) is 0 Å². The first-order valence-electron chi connectivity index (χ1n) is 8.39. The lowest BCUT2D eigenvalue weighted by atomic mass is 9.84. The Balaban J connectivity index is 1.69. The van der Waals surface area contributed by atoms with Gasteiger partial charge >= 0.3 is 0 Å². The summed E-state index contributed by atoms with van der Waals surface area (Å²) in [5.74, 6) is 2.52. The van der Waals surface area contributed by atoms with Crippen LogP contribution in [0.4, 0.5) is 0 Å². The first kappa shape index (κ1) is 16.2. The van der Waals surface area contributed by atoms with Crippen molar-refractivity contribution in [2.24, 2.45) is 5.92 Å². The van der Waals surface area contributed by atoms with Gasteiger partial charge in [0.1, 0.15) is 6.61 Å². The zero-order chi connectivity index (χ0) is 14.9. The fraction of sp³-hybridized carbons (Fsp3) is 0.667. The summed E-state index contributed by atoms with van der Waals surface area (Å²) in [6, 6.07) is 8.47. The van der Waals surface area contributed by atoms with Crippen molar-refractivity contribution in [3.05, 3.63) is 24.3 Å². The molecule has 1 aromatic carbocycles. The molecular formula is C18H29NO2. The van der Waals surface area contributed by atoms with Crippen LogP contribution in [0.1, 0.15) is 46.0 Å². The predicted octanol–water partition coefficient (Wildman–Crippen LogP) is 4.02. The van der Waals surface area contributed by atoms with Crippen molar-refractivity contribution in [3.63, 3.8) is 0 Å². The van der Waals surface area contributed by atoms with Crippen LogP contribution in [-0.4, -0.2) is 25.8 Å². The van der Waals surface area contributed by atoms with E-state index in [0.717, 1.165) is 24.0 Å². The molecule has 2 rings (SSSR count). The minimum absolute atomic E-state index is 0.594. The molecule has 21 heavy (non-hydrogen) atoms. The van der Waals surface area contributed by atoms with E-state index in [4.69, 9.17) is 9.47 Å². The van der Waals surface area contributed by atoms with E-state index >= 15 is 0 Å². The third-order valence-electron chi connectivity index (χ3n) is 4.33. The van der Waals surface area contributed by atoms with Crippen LogP contribution in [0.3, 0.4) is 0 Å². The summed E-state index contributed by atoms with van der Waals surface area (Å²) >= 11 is 0. The van der Waals surface area contributed by atoms with Gasteiger partial charge in [0.05, 0.1) is 6.61 Å². The van der Waals surface area contributed by atoms with Gasteiger partial charge in [-0.25, -0.2) is 0 Å². The van der Waals surface area contributed by atoms with Gasteiger partial charge in [-0.15, -0.1) is 0 Å². The first-order valence-corrected chi connectivity index (χ1v) is 8.39. The SMILES string of the molecule is CCOc1ccccc1OCCNC(C)C1CCCCC1. The van der Waals surface area contributed by atoms with E-state index in [1.807, 2.05) is 31.2 Å². The molecule has 1 aliphatic carbocycles. The maximum Gasteiger partial charge on any atom is 0.161 e. The van der Waals surface area contributed by atoms with Crippen molar-refractivity contribution in [3.8, 4) is 11.5 Å². The van der Waals surface area contributed by atoms with E-state index < -0.39 is 0 Å². The van der Waals surface area contributed by atoms with Gasteiger partial charge in [-0.2, -0.15) is 0 Å². The molecule has 0 saturated heterocycles. The van der Waals surface area contributed by atoms with Crippen LogP contribution in [0, 0.1) is 5.92 Å². The van der Waals surface area contributed by atoms with Crippen LogP contribution < -0.4 is 14.8 Å². The van der Waals surface area contributed by atoms with Crippen LogP contribution in [0.25, 0.3) is 0 Å². The molecule has 0 amide bonds. The summed E-state index contributed by atoms with van der Waals surface area (Å²) in [4.78, 5) is 0. The van der Waals surface area contributed by atoms with Crippen molar-refractivity contribution in [1.82, 2.24) is 5.32 Å². The number of hydrogen-bond donors (Lipinski definition) is 1. The Hall–Kier alpha value is -1.22. The van der Waals surface area contributed by atoms with E-state index in [1.54, 1.807) is 0 Å². The highest BCUT2D eigenvalue weighted by Gasteiger charge is 2.19. The van der Waals surface area contributed by atoms with Crippen molar-refractivity contribution in [2.45, 2.75) is 52.0 Å². The highest BCUT2D eigenvalue weighted by atomic mass is 16.5. The molecular weight excluding hydrogens is 262 g/mol. The minimum Gasteiger partial charge on any atom is -0.490 e. The van der Waals surface area contributed by atoms with Crippen LogP contribution >= 0.6 is 0 Å². The molecule has 3 heteroatoms. The topological polar surface area (TPSA) is 30.5 Å². The monoisotopic (exact) mass is 291 g/mol. The highest BCUT2D eigenvalue weighted by Crippen LogP contribution is 2.27. The third kappa shape index (κ3) is 5.24. The van der Waals surface area contributed by atoms with Crippen LogP contribution in [-0.2, 0) is 0 Å². The fourth-order valence-electron chi connectivity index (χ4n) is 3.09. The van der Waals surface area contributed by atoms with Gasteiger partial charge in [0, 0.05) is 12.6 Å². The van der Waals surface area contributed by atoms with Gasteiger partial charge in [0.25, 0.3) is 0 Å². The molecule has 1 atom stereocenters. The molecule has 0 aromatic heterocycles. The Morgan fingerprint density at radius 3 is 2.43 bits per heavy atom. The Morgan fingerprint density at radius 2 is 1.76 bits per heavy atom. The minimum atomic E-state index is 0.594. The van der Waals surface area contributed by atoms with Crippen molar-refractivity contribution >= 4 is 0 Å². The molecule has 3 nitrogen and oxygen atoms in total. The van der Waals surface area contributed by atoms with E-state index in [9.17, 15) is 0 Å². The Labute approximate surface area is 129 Å². The van der Waals surface area contributed by atoms with Gasteiger partial charge in [-0.05, 0) is 44.7 Å². The Kier molecular flexibility index (Phi) is 6.87. The van der Waals surface area contributed by atoms with E-state index in [0.29, 0.717) is 19.3 Å². The average Bonchev–Trinajstić information content (AvgIpc) is 2.54. The standard InChI is InChI=1S/C18H29NO2/c1-3-20-17-11-7-8-12-18(17)21-14-13-19-15(2)16-9-5-4-6-10-16/h7-8,11-12,15-16,19H,3-6,9-10,13-14H2,1-2H3. The molecule has 0 radical (unpaired) electrons. The quantitative estimate of drug-likeness (QED) is 0.734. The van der Waals surface area contributed by atoms with E-state index in [1.165, 1.54) is 32.1 Å². The number of para-hydroxylation sites is 2. The first-order chi connectivity index (χ1) is 10.3. The average molecular weight is 291 g/mol. The van der Waals surface area contributed by atoms with Crippen molar-refractivity contribution < 1.29 is 9.47 Å². The molecule has 1 N–H and O–H groups in total. The molecule has 1 aromatic rings. The molecule has 1 saturated carbocycles. The smallest absolute Gasteiger partial charge is 0.161 e. The summed E-state index contributed by atoms with van der Waals surface area (Å²) in [7, 11) is 0. The lowest BCUT2D eigenvalue weighted by Crippen LogP contribution is -2.37. The number of ether oxygens (including phenoxy) is 2. The van der Waals surface area contributed by atoms with Crippen LogP contribution in [0.5, 0.6) is 11.5 Å². The summed E-state index contributed by atoms with van der Waals surface area (Å²) < 4.78 is 11.4. The highest BCUT2D eigenvalue weighted by molar-refractivity contribution is 5.39. The largest absolute Gasteiger partial charge is 0.490 e. The number of benzene rings is 1. The zero-order valence-electron chi connectivity index (χ0n) is 13.4. The number of rotatable bonds is 8. The van der Waals surface area contributed by atoms with Crippen LogP contribution in [0.2, 0.25) is 0 Å². The maximum absolute atomic E-state index is 5.84. The van der Waals surface area contributed by atoms with Gasteiger partial charge in [-0.1, -0.05) is 31.4 Å². The zero-order valence-corrected chi connectivity index (χ0v) is 13.4. The lowest BCUT2D eigenvalue weighted by molar-refractivity contribution is 0.247. The molecule has 0 spiro atoms. The van der Waals surface area contributed by atoms with Gasteiger partial charge in [0.2, 0.25) is 0 Å². The second kappa shape index (κ2) is 8.93. The van der Waals surface area contributed by atoms with Gasteiger partial charge < -0.3 is 14.8 Å². The molecule has 1 aliphatic rings. The number of nitrogens with one attached hydrogen (secondary N) is 1. The van der Waals surface area contributed by atoms with Crippen LogP contribution in [0.15, 0.2) is 24.3 Å². The summed E-state index contributed by atoms with van der Waals surface area (Å²) in [5.41, 5.74) is 0. The summed E-state index contributed by atoms with van der Waals surface area (Å²) in [6.07, 6.45) is 6.97. The molecule has 1 unspecified atom stereocenters. The number of hydrogen-bond acceptors (Lipinski definition) is 3. The molecule has 0 heterocycles. The molecule has 0 bridgehead atoms. The Bertz CT molecular complexity index is 402. The lowest BCUT2D eigenvalue weighted by Gasteiger charge is -2.28. The normalized spacial score (nSPS) is 17.4. The second-order valence-electron chi connectivity index (χ2n) is 5.87. The summed E-state index contributed by atoms with van der Waals surface area (Å²) in [5, 5.41) is 3.61. The predicted molar refractivity (Wildman–Crippen MR) is 87.1 cm³/mol.